The zero-order valence-electron chi connectivity index (χ0n) is 29.7. The summed E-state index contributed by atoms with van der Waals surface area (Å²) in [6, 6.07) is 6.97. The summed E-state index contributed by atoms with van der Waals surface area (Å²) in [7, 11) is -0.0609. The van der Waals surface area contributed by atoms with Crippen molar-refractivity contribution < 1.29 is 26.3 Å². The maximum Gasteiger partial charge on any atom is 0.573 e. The summed E-state index contributed by atoms with van der Waals surface area (Å²) < 4.78 is 74.5. The molecule has 2 aliphatic heterocycles. The number of likely N-dealkylation sites (N-methyl/N-ethyl adjacent to an activating group) is 1. The topological polar surface area (TPSA) is 132 Å². The van der Waals surface area contributed by atoms with Crippen LogP contribution in [-0.2, 0) is 16.4 Å². The Balaban J connectivity index is 1.17. The number of aromatic nitrogens is 4. The van der Waals surface area contributed by atoms with Crippen LogP contribution in [0.2, 0.25) is 0 Å². The molecule has 0 amide bonds. The second-order valence-corrected chi connectivity index (χ2v) is 16.8. The number of alkyl halides is 3. The Hall–Kier alpha value is -4.00. The highest BCUT2D eigenvalue weighted by Gasteiger charge is 2.40. The molecule has 4 heterocycles. The van der Waals surface area contributed by atoms with E-state index in [0.29, 0.717) is 57.9 Å². The third-order valence-corrected chi connectivity index (χ3v) is 13.0. The van der Waals surface area contributed by atoms with Gasteiger partial charge >= 0.3 is 6.36 Å². The van der Waals surface area contributed by atoms with Crippen molar-refractivity contribution in [1.29, 1.82) is 0 Å². The molecular formula is C35H42BrF3N10O3S. The van der Waals surface area contributed by atoms with Gasteiger partial charge in [0.05, 0.1) is 26.6 Å². The lowest BCUT2D eigenvalue weighted by molar-refractivity contribution is -0.274. The summed E-state index contributed by atoms with van der Waals surface area (Å²) in [6.45, 7) is 7.55. The molecule has 2 saturated heterocycles. The lowest BCUT2D eigenvalue weighted by Gasteiger charge is -2.43. The number of fused-ring (bicyclic) bond motifs is 1. The smallest absolute Gasteiger partial charge is 0.403 e. The van der Waals surface area contributed by atoms with E-state index in [0.717, 1.165) is 57.7 Å². The molecular weight excluding hydrogens is 777 g/mol. The van der Waals surface area contributed by atoms with Crippen molar-refractivity contribution in [2.45, 2.75) is 56.7 Å². The van der Waals surface area contributed by atoms with Crippen LogP contribution in [0.5, 0.6) is 5.75 Å². The van der Waals surface area contributed by atoms with Crippen LogP contribution in [0.3, 0.4) is 0 Å². The summed E-state index contributed by atoms with van der Waals surface area (Å²) >= 11 is 3.46. The second-order valence-electron chi connectivity index (χ2n) is 13.7. The summed E-state index contributed by atoms with van der Waals surface area (Å²) in [6.07, 6.45) is 3.12. The van der Waals surface area contributed by atoms with Crippen molar-refractivity contribution in [2.24, 2.45) is 0 Å². The van der Waals surface area contributed by atoms with Crippen molar-refractivity contribution in [1.82, 2.24) is 29.7 Å². The number of anilines is 6. The van der Waals surface area contributed by atoms with Gasteiger partial charge in [-0.15, -0.1) is 13.2 Å². The Labute approximate surface area is 315 Å². The number of ether oxygens (including phenoxy) is 1. The molecule has 0 atom stereocenters. The van der Waals surface area contributed by atoms with Crippen LogP contribution in [0.15, 0.2) is 47.3 Å². The minimum Gasteiger partial charge on any atom is -0.403 e. The van der Waals surface area contributed by atoms with Gasteiger partial charge in [0.2, 0.25) is 16.0 Å². The standard InChI is InChI=1S/C35H42BrF3N10O3S/c1-4-22-19-28(30(52-35(37,38)39)20-29(22)49-13-9-23(10-14-49)48-17-15-46(2)16-18-48)44-34-42-21-25(36)33(45-34)43-27-8-7-26-31(41-12-11-40-26)32(27)47(3)53(50,51)24-5-6-24/h7-8,11-12,19-21,23-24H,4-6,9-10,13-18H2,1-3H3,(H2,42,43,44,45). The number of hydrogen-bond donors (Lipinski definition) is 2. The molecule has 2 aromatic heterocycles. The fourth-order valence-electron chi connectivity index (χ4n) is 7.08. The molecule has 2 aromatic carbocycles. The molecule has 0 radical (unpaired) electrons. The molecule has 3 fully saturated rings. The summed E-state index contributed by atoms with van der Waals surface area (Å²) in [4.78, 5) is 24.7. The number of nitrogens with one attached hydrogen (secondary N) is 2. The molecule has 4 aromatic rings. The summed E-state index contributed by atoms with van der Waals surface area (Å²) in [5, 5.41) is 5.67. The number of halogens is 4. The first kappa shape index (κ1) is 37.3. The van der Waals surface area contributed by atoms with Crippen LogP contribution >= 0.6 is 15.9 Å². The van der Waals surface area contributed by atoms with Gasteiger partial charge in [-0.2, -0.15) is 4.98 Å². The van der Waals surface area contributed by atoms with E-state index in [1.165, 1.54) is 36.0 Å². The Kier molecular flexibility index (Phi) is 10.6. The fraction of sp³-hybridized carbons (Fsp3) is 0.486. The normalized spacial score (nSPS) is 18.0. The molecule has 0 spiro atoms. The van der Waals surface area contributed by atoms with E-state index in [9.17, 15) is 21.6 Å². The van der Waals surface area contributed by atoms with E-state index < -0.39 is 27.4 Å². The first-order valence-electron chi connectivity index (χ1n) is 17.7. The molecule has 1 saturated carbocycles. The van der Waals surface area contributed by atoms with Crippen LogP contribution in [0, 0.1) is 0 Å². The minimum absolute atomic E-state index is 0.00777. The number of piperidine rings is 1. The van der Waals surface area contributed by atoms with Gasteiger partial charge in [-0.25, -0.2) is 13.4 Å². The number of piperazine rings is 1. The van der Waals surface area contributed by atoms with E-state index >= 15 is 0 Å². The van der Waals surface area contributed by atoms with Crippen molar-refractivity contribution in [3.63, 3.8) is 0 Å². The number of nitrogens with zero attached hydrogens (tertiary/aromatic N) is 8. The molecule has 18 heteroatoms. The highest BCUT2D eigenvalue weighted by Crippen LogP contribution is 2.42. The van der Waals surface area contributed by atoms with E-state index in [1.54, 1.807) is 18.2 Å². The van der Waals surface area contributed by atoms with E-state index in [4.69, 9.17) is 0 Å². The van der Waals surface area contributed by atoms with Gasteiger partial charge < -0.3 is 25.2 Å². The first-order valence-corrected chi connectivity index (χ1v) is 20.0. The van der Waals surface area contributed by atoms with E-state index in [2.05, 4.69) is 73.0 Å². The summed E-state index contributed by atoms with van der Waals surface area (Å²) in [5.74, 6) is -0.168. The average molecular weight is 820 g/mol. The van der Waals surface area contributed by atoms with Gasteiger partial charge in [-0.3, -0.25) is 19.2 Å². The number of sulfonamides is 1. The molecule has 2 N–H and O–H groups in total. The van der Waals surface area contributed by atoms with Crippen molar-refractivity contribution in [3.8, 4) is 5.75 Å². The molecule has 53 heavy (non-hydrogen) atoms. The Morgan fingerprint density at radius 2 is 1.68 bits per heavy atom. The van der Waals surface area contributed by atoms with Gasteiger partial charge in [-0.1, -0.05) is 6.92 Å². The molecule has 7 rings (SSSR count). The quantitative estimate of drug-likeness (QED) is 0.177. The van der Waals surface area contributed by atoms with Gasteiger partial charge in [0.25, 0.3) is 0 Å². The maximum absolute atomic E-state index is 13.8. The van der Waals surface area contributed by atoms with Crippen LogP contribution in [0.25, 0.3) is 11.0 Å². The third-order valence-electron chi connectivity index (χ3n) is 10.1. The van der Waals surface area contributed by atoms with Crippen LogP contribution in [0.4, 0.5) is 47.7 Å². The van der Waals surface area contributed by atoms with Crippen LogP contribution < -0.4 is 24.6 Å². The maximum atomic E-state index is 13.8. The first-order chi connectivity index (χ1) is 25.3. The molecule has 284 valence electrons. The molecule has 1 aliphatic carbocycles. The van der Waals surface area contributed by atoms with E-state index in [-0.39, 0.29) is 17.5 Å². The van der Waals surface area contributed by atoms with Crippen LogP contribution in [0.1, 0.15) is 38.2 Å². The van der Waals surface area contributed by atoms with Crippen molar-refractivity contribution >= 4 is 71.5 Å². The monoisotopic (exact) mass is 818 g/mol. The lowest BCUT2D eigenvalue weighted by Crippen LogP contribution is -2.52. The van der Waals surface area contributed by atoms with E-state index in [1.807, 2.05) is 6.92 Å². The third kappa shape index (κ3) is 8.24. The largest absolute Gasteiger partial charge is 0.573 e. The zero-order chi connectivity index (χ0) is 37.5. The number of hydrogen-bond acceptors (Lipinski definition) is 12. The molecule has 13 nitrogen and oxygen atoms in total. The highest BCUT2D eigenvalue weighted by atomic mass is 79.9. The molecule has 3 aliphatic rings. The Morgan fingerprint density at radius 3 is 2.36 bits per heavy atom. The average Bonchev–Trinajstić information content (AvgIpc) is 4.00. The zero-order valence-corrected chi connectivity index (χ0v) is 32.1. The van der Waals surface area contributed by atoms with Gasteiger partial charge in [-0.05, 0) is 78.8 Å². The van der Waals surface area contributed by atoms with Crippen molar-refractivity contribution in [2.75, 3.05) is 73.2 Å². The number of aryl methyl sites for hydroxylation is 1. The fourth-order valence-corrected chi connectivity index (χ4v) is 8.99. The van der Waals surface area contributed by atoms with Gasteiger partial charge in [0.15, 0.2) is 5.75 Å². The van der Waals surface area contributed by atoms with Gasteiger partial charge in [0.1, 0.15) is 17.0 Å². The van der Waals surface area contributed by atoms with Crippen LogP contribution in [-0.4, -0.2) is 109 Å². The molecule has 0 bridgehead atoms. The lowest BCUT2D eigenvalue weighted by atomic mass is 9.99. The predicted molar refractivity (Wildman–Crippen MR) is 203 cm³/mol. The SMILES string of the molecule is CCc1cc(Nc2ncc(Br)c(Nc3ccc4nccnc4c3N(C)S(=O)(=O)C3CC3)n2)c(OC(F)(F)F)cc1N1CCC(N2CCN(C)CC2)CC1. The Morgan fingerprint density at radius 1 is 0.962 bits per heavy atom. The molecule has 0 unspecified atom stereocenters. The second kappa shape index (κ2) is 15.0. The number of benzene rings is 2. The Bertz CT molecular complexity index is 2070. The van der Waals surface area contributed by atoms with Crippen molar-refractivity contribution in [3.05, 3.63) is 52.9 Å². The summed E-state index contributed by atoms with van der Waals surface area (Å²) in [5.41, 5.74) is 3.17. The highest BCUT2D eigenvalue weighted by molar-refractivity contribution is 9.10. The predicted octanol–water partition coefficient (Wildman–Crippen LogP) is 6.28. The number of rotatable bonds is 11. The minimum atomic E-state index is -4.94. The van der Waals surface area contributed by atoms with Gasteiger partial charge in [0, 0.05) is 82.7 Å².